The normalized spacial score (nSPS) is 18.5. The standard InChI is InChI=1S/C32H27N9O4S/c1-21-29(31(42)40(37-21)26-9-5-3-6-10-26)35-33-23-13-15-25(16-14-23)39-46(44,45)28-19-17-24(18-20-28)34-36-30-22(2)38-41(32(30)43)27-11-7-4-8-12-27/h3-20,29-30,39H,1-2H3. The van der Waals surface area contributed by atoms with Crippen molar-refractivity contribution in [2.24, 2.45) is 30.7 Å². The lowest BCUT2D eigenvalue weighted by atomic mass is 10.2. The van der Waals surface area contributed by atoms with Gasteiger partial charge in [-0.2, -0.15) is 40.7 Å². The molecule has 2 aliphatic rings. The number of para-hydroxylation sites is 2. The number of amides is 2. The molecule has 0 saturated carbocycles. The summed E-state index contributed by atoms with van der Waals surface area (Å²) in [5, 5.41) is 27.8. The highest BCUT2D eigenvalue weighted by Crippen LogP contribution is 2.26. The van der Waals surface area contributed by atoms with E-state index in [0.717, 1.165) is 0 Å². The summed E-state index contributed by atoms with van der Waals surface area (Å²) in [5.41, 5.74) is 3.41. The molecule has 1 N–H and O–H groups in total. The lowest BCUT2D eigenvalue weighted by Gasteiger charge is -2.12. The molecule has 0 spiro atoms. The number of carbonyl (C=O) groups excluding carboxylic acids is 2. The van der Waals surface area contributed by atoms with Gasteiger partial charge in [-0.05, 0) is 86.6 Å². The van der Waals surface area contributed by atoms with Gasteiger partial charge in [0.1, 0.15) is 0 Å². The van der Waals surface area contributed by atoms with Crippen LogP contribution in [0.3, 0.4) is 0 Å². The SMILES string of the molecule is CC1=NN(c2ccccc2)C(=O)C1N=Nc1ccc(NS(=O)(=O)c2ccc(N=NC3C(=O)N(c4ccccc4)N=C3C)cc2)cc1. The van der Waals surface area contributed by atoms with Crippen molar-refractivity contribution in [1.82, 2.24) is 0 Å². The van der Waals surface area contributed by atoms with Crippen molar-refractivity contribution in [3.05, 3.63) is 109 Å². The summed E-state index contributed by atoms with van der Waals surface area (Å²) in [5.74, 6) is -0.635. The molecule has 2 heterocycles. The first kappa shape index (κ1) is 30.1. The fraction of sp³-hybridized carbons (Fsp3) is 0.125. The van der Waals surface area contributed by atoms with Crippen LogP contribution in [0.4, 0.5) is 28.4 Å². The average Bonchev–Trinajstić information content (AvgIpc) is 3.52. The summed E-state index contributed by atoms with van der Waals surface area (Å²) >= 11 is 0. The molecule has 6 rings (SSSR count). The van der Waals surface area contributed by atoms with Gasteiger partial charge in [-0.15, -0.1) is 0 Å². The number of rotatable bonds is 9. The summed E-state index contributed by atoms with van der Waals surface area (Å²) in [4.78, 5) is 25.7. The molecule has 0 saturated heterocycles. The van der Waals surface area contributed by atoms with E-state index in [1.165, 1.54) is 34.3 Å². The van der Waals surface area contributed by atoms with Gasteiger partial charge in [0.05, 0.1) is 39.1 Å². The van der Waals surface area contributed by atoms with Crippen LogP contribution >= 0.6 is 0 Å². The second kappa shape index (κ2) is 12.6. The Morgan fingerprint density at radius 1 is 0.609 bits per heavy atom. The van der Waals surface area contributed by atoms with E-state index in [1.54, 1.807) is 62.4 Å². The van der Waals surface area contributed by atoms with E-state index in [9.17, 15) is 18.0 Å². The van der Waals surface area contributed by atoms with Crippen LogP contribution in [0.1, 0.15) is 13.8 Å². The van der Waals surface area contributed by atoms with Gasteiger partial charge in [-0.3, -0.25) is 14.3 Å². The summed E-state index contributed by atoms with van der Waals surface area (Å²) in [6.07, 6.45) is 0. The molecule has 2 atom stereocenters. The maximum atomic E-state index is 13.0. The Balaban J connectivity index is 1.06. The molecule has 4 aromatic rings. The van der Waals surface area contributed by atoms with Crippen molar-refractivity contribution in [1.29, 1.82) is 0 Å². The minimum absolute atomic E-state index is 0.0117. The fourth-order valence-electron chi connectivity index (χ4n) is 4.64. The van der Waals surface area contributed by atoms with Crippen LogP contribution in [-0.4, -0.2) is 43.7 Å². The number of anilines is 3. The van der Waals surface area contributed by atoms with Crippen molar-refractivity contribution >= 4 is 61.7 Å². The molecule has 0 radical (unpaired) electrons. The van der Waals surface area contributed by atoms with Crippen LogP contribution in [0, 0.1) is 0 Å². The third-order valence-electron chi connectivity index (χ3n) is 7.04. The van der Waals surface area contributed by atoms with E-state index in [-0.39, 0.29) is 16.7 Å². The van der Waals surface area contributed by atoms with Gasteiger partial charge in [0.25, 0.3) is 21.8 Å². The van der Waals surface area contributed by atoms with Gasteiger partial charge in [0, 0.05) is 5.69 Å². The molecule has 0 fully saturated rings. The van der Waals surface area contributed by atoms with E-state index < -0.39 is 22.1 Å². The number of hydrazone groups is 2. The van der Waals surface area contributed by atoms with E-state index in [0.29, 0.717) is 39.9 Å². The number of hydrogen-bond donors (Lipinski definition) is 1. The Bertz CT molecular complexity index is 2000. The first-order valence-electron chi connectivity index (χ1n) is 14.1. The molecule has 0 bridgehead atoms. The summed E-state index contributed by atoms with van der Waals surface area (Å²) in [7, 11) is -3.92. The molecule has 2 amide bonds. The third-order valence-corrected chi connectivity index (χ3v) is 8.43. The predicted molar refractivity (Wildman–Crippen MR) is 174 cm³/mol. The Labute approximate surface area is 264 Å². The van der Waals surface area contributed by atoms with E-state index in [1.807, 2.05) is 36.4 Å². The molecular weight excluding hydrogens is 606 g/mol. The molecule has 230 valence electrons. The van der Waals surface area contributed by atoms with Crippen molar-refractivity contribution in [2.45, 2.75) is 30.8 Å². The van der Waals surface area contributed by atoms with Crippen molar-refractivity contribution in [2.75, 3.05) is 14.7 Å². The van der Waals surface area contributed by atoms with Gasteiger partial charge < -0.3 is 0 Å². The number of carbonyl (C=O) groups is 2. The predicted octanol–water partition coefficient (Wildman–Crippen LogP) is 6.24. The van der Waals surface area contributed by atoms with Crippen LogP contribution in [0.5, 0.6) is 0 Å². The Morgan fingerprint density at radius 2 is 1.02 bits per heavy atom. The number of nitrogens with one attached hydrogen (secondary N) is 1. The second-order valence-corrected chi connectivity index (χ2v) is 12.0. The summed E-state index contributed by atoms with van der Waals surface area (Å²) in [6.45, 7) is 3.41. The molecule has 14 heteroatoms. The van der Waals surface area contributed by atoms with Gasteiger partial charge in [-0.25, -0.2) is 8.42 Å². The number of sulfonamides is 1. The maximum Gasteiger partial charge on any atom is 0.280 e. The highest BCUT2D eigenvalue weighted by molar-refractivity contribution is 7.92. The topological polar surface area (TPSA) is 161 Å². The molecule has 13 nitrogen and oxygen atoms in total. The zero-order valence-electron chi connectivity index (χ0n) is 24.7. The second-order valence-electron chi connectivity index (χ2n) is 10.3. The van der Waals surface area contributed by atoms with Crippen LogP contribution in [-0.2, 0) is 19.6 Å². The van der Waals surface area contributed by atoms with Gasteiger partial charge in [0.15, 0.2) is 12.1 Å². The van der Waals surface area contributed by atoms with Crippen molar-refractivity contribution in [3.8, 4) is 0 Å². The van der Waals surface area contributed by atoms with Crippen LogP contribution in [0.2, 0.25) is 0 Å². The quantitative estimate of drug-likeness (QED) is 0.216. The van der Waals surface area contributed by atoms with E-state index in [2.05, 4.69) is 35.4 Å². The van der Waals surface area contributed by atoms with E-state index >= 15 is 0 Å². The lowest BCUT2D eigenvalue weighted by Crippen LogP contribution is -2.29. The first-order valence-corrected chi connectivity index (χ1v) is 15.6. The highest BCUT2D eigenvalue weighted by atomic mass is 32.2. The van der Waals surface area contributed by atoms with Crippen LogP contribution < -0.4 is 14.7 Å². The molecule has 4 aromatic carbocycles. The van der Waals surface area contributed by atoms with Crippen molar-refractivity contribution < 1.29 is 18.0 Å². The third kappa shape index (κ3) is 6.32. The highest BCUT2D eigenvalue weighted by Gasteiger charge is 2.35. The van der Waals surface area contributed by atoms with E-state index in [4.69, 9.17) is 0 Å². The van der Waals surface area contributed by atoms with Crippen LogP contribution in [0.25, 0.3) is 0 Å². The summed E-state index contributed by atoms with van der Waals surface area (Å²) in [6, 6.07) is 28.4. The molecular formula is C32H27N9O4S. The monoisotopic (exact) mass is 633 g/mol. The number of benzene rings is 4. The number of nitrogens with zero attached hydrogens (tertiary/aromatic N) is 8. The minimum Gasteiger partial charge on any atom is -0.280 e. The zero-order chi connectivity index (χ0) is 32.3. The Kier molecular flexibility index (Phi) is 8.27. The molecule has 0 aromatic heterocycles. The number of azo groups is 2. The van der Waals surface area contributed by atoms with Crippen molar-refractivity contribution in [3.63, 3.8) is 0 Å². The molecule has 2 unspecified atom stereocenters. The maximum absolute atomic E-state index is 13.0. The molecule has 0 aliphatic carbocycles. The largest absolute Gasteiger partial charge is 0.280 e. The fourth-order valence-corrected chi connectivity index (χ4v) is 5.70. The Morgan fingerprint density at radius 3 is 1.46 bits per heavy atom. The number of hydrogen-bond acceptors (Lipinski definition) is 10. The minimum atomic E-state index is -3.92. The van der Waals surface area contributed by atoms with Gasteiger partial charge in [0.2, 0.25) is 0 Å². The zero-order valence-corrected chi connectivity index (χ0v) is 25.5. The molecule has 2 aliphatic heterocycles. The van der Waals surface area contributed by atoms with Gasteiger partial charge in [-0.1, -0.05) is 36.4 Å². The summed E-state index contributed by atoms with van der Waals surface area (Å²) < 4.78 is 28.6. The average molecular weight is 634 g/mol. The lowest BCUT2D eigenvalue weighted by molar-refractivity contribution is -0.118. The molecule has 46 heavy (non-hydrogen) atoms. The Hall–Kier alpha value is -5.89. The van der Waals surface area contributed by atoms with Crippen LogP contribution in [0.15, 0.2) is 145 Å². The van der Waals surface area contributed by atoms with Gasteiger partial charge >= 0.3 is 0 Å². The smallest absolute Gasteiger partial charge is 0.280 e. The first-order chi connectivity index (χ1) is 22.2.